The molecule has 156 valence electrons. The van der Waals surface area contributed by atoms with Crippen LogP contribution in [-0.4, -0.2) is 17.3 Å². The molecule has 0 saturated heterocycles. The van der Waals surface area contributed by atoms with Gasteiger partial charge in [0.1, 0.15) is 0 Å². The molecule has 4 aromatic rings. The molecule has 3 heteroatoms. The van der Waals surface area contributed by atoms with Crippen LogP contribution < -0.4 is 0 Å². The van der Waals surface area contributed by atoms with Crippen LogP contribution in [0.4, 0.5) is 0 Å². The van der Waals surface area contributed by atoms with E-state index in [1.54, 1.807) is 84.9 Å². The van der Waals surface area contributed by atoms with Gasteiger partial charge in [0.25, 0.3) is 0 Å². The fraction of sp³-hybridized carbons (Fsp3) is 0.0690. The summed E-state index contributed by atoms with van der Waals surface area (Å²) < 4.78 is 0. The first-order valence-corrected chi connectivity index (χ1v) is 10.5. The van der Waals surface area contributed by atoms with Gasteiger partial charge in [-0.2, -0.15) is 0 Å². The lowest BCUT2D eigenvalue weighted by Crippen LogP contribution is -2.35. The van der Waals surface area contributed by atoms with Crippen LogP contribution in [0.3, 0.4) is 0 Å². The number of rotatable bonds is 8. The van der Waals surface area contributed by atoms with Crippen LogP contribution in [0.1, 0.15) is 42.6 Å². The fourth-order valence-electron chi connectivity index (χ4n) is 3.92. The van der Waals surface area contributed by atoms with Crippen LogP contribution in [0.25, 0.3) is 0 Å². The molecule has 4 aromatic carbocycles. The molecule has 0 N–H and O–H groups in total. The first kappa shape index (κ1) is 21.1. The third-order valence-corrected chi connectivity index (χ3v) is 5.51. The van der Waals surface area contributed by atoms with E-state index in [1.165, 1.54) is 0 Å². The van der Waals surface area contributed by atoms with E-state index in [0.29, 0.717) is 22.3 Å². The zero-order valence-electron chi connectivity index (χ0n) is 17.4. The van der Waals surface area contributed by atoms with Crippen LogP contribution in [0.2, 0.25) is 0 Å². The highest BCUT2D eigenvalue weighted by Crippen LogP contribution is 2.34. The number of ketones is 3. The monoisotopic (exact) mass is 418 g/mol. The molecule has 0 radical (unpaired) electrons. The molecule has 32 heavy (non-hydrogen) atoms. The second-order valence-corrected chi connectivity index (χ2v) is 7.56. The first-order chi connectivity index (χ1) is 15.7. The van der Waals surface area contributed by atoms with E-state index in [4.69, 9.17) is 0 Å². The van der Waals surface area contributed by atoms with Gasteiger partial charge < -0.3 is 0 Å². The SMILES string of the molecule is O=C(c1ccccc1)C(C(=O)c1ccccc1)C(C(=O)c1ccccc1)c1ccccc1. The van der Waals surface area contributed by atoms with Gasteiger partial charge in [0, 0.05) is 16.7 Å². The van der Waals surface area contributed by atoms with Crippen molar-refractivity contribution < 1.29 is 14.4 Å². The summed E-state index contributed by atoms with van der Waals surface area (Å²) in [5.74, 6) is -3.11. The van der Waals surface area contributed by atoms with Gasteiger partial charge in [0.15, 0.2) is 17.3 Å². The molecule has 0 heterocycles. The normalized spacial score (nSPS) is 11.7. The summed E-state index contributed by atoms with van der Waals surface area (Å²) in [4.78, 5) is 41.2. The van der Waals surface area contributed by atoms with Crippen LogP contribution in [0.15, 0.2) is 121 Å². The molecule has 0 amide bonds. The second kappa shape index (κ2) is 9.80. The van der Waals surface area contributed by atoms with Crippen LogP contribution in [-0.2, 0) is 0 Å². The molecule has 0 aromatic heterocycles. The maximum Gasteiger partial charge on any atom is 0.174 e. The van der Waals surface area contributed by atoms with Gasteiger partial charge in [0.05, 0.1) is 11.8 Å². The molecule has 0 spiro atoms. The van der Waals surface area contributed by atoms with Crippen molar-refractivity contribution >= 4 is 17.3 Å². The van der Waals surface area contributed by atoms with E-state index >= 15 is 0 Å². The summed E-state index contributed by atoms with van der Waals surface area (Å²) in [5.41, 5.74) is 1.92. The minimum Gasteiger partial charge on any atom is -0.293 e. The predicted molar refractivity (Wildman–Crippen MR) is 125 cm³/mol. The first-order valence-electron chi connectivity index (χ1n) is 10.5. The Hall–Kier alpha value is -4.11. The Balaban J connectivity index is 1.89. The summed E-state index contributed by atoms with van der Waals surface area (Å²) in [7, 11) is 0. The van der Waals surface area contributed by atoms with Gasteiger partial charge in [-0.15, -0.1) is 0 Å². The van der Waals surface area contributed by atoms with Crippen molar-refractivity contribution in [1.29, 1.82) is 0 Å². The molecule has 0 fully saturated rings. The molecule has 4 rings (SSSR count). The van der Waals surface area contributed by atoms with Crippen molar-refractivity contribution in [1.82, 2.24) is 0 Å². The Labute approximate surface area is 187 Å². The van der Waals surface area contributed by atoms with E-state index in [0.717, 1.165) is 0 Å². The van der Waals surface area contributed by atoms with Gasteiger partial charge in [-0.3, -0.25) is 14.4 Å². The van der Waals surface area contributed by atoms with Gasteiger partial charge >= 0.3 is 0 Å². The molecule has 0 saturated carbocycles. The lowest BCUT2D eigenvalue weighted by molar-refractivity contribution is 0.0732. The molecule has 0 aliphatic carbocycles. The molecular formula is C29H22O3. The maximum absolute atomic E-state index is 13.8. The van der Waals surface area contributed by atoms with Crippen molar-refractivity contribution in [2.24, 2.45) is 5.92 Å². The van der Waals surface area contributed by atoms with Gasteiger partial charge in [-0.25, -0.2) is 0 Å². The summed E-state index contributed by atoms with van der Waals surface area (Å²) >= 11 is 0. The summed E-state index contributed by atoms with van der Waals surface area (Å²) in [6.07, 6.45) is 0. The highest BCUT2D eigenvalue weighted by atomic mass is 16.2. The average molecular weight is 418 g/mol. The summed E-state index contributed by atoms with van der Waals surface area (Å²) in [6, 6.07) is 35.3. The number of benzene rings is 4. The highest BCUT2D eigenvalue weighted by Gasteiger charge is 2.41. The van der Waals surface area contributed by atoms with E-state index in [2.05, 4.69) is 0 Å². The quantitative estimate of drug-likeness (QED) is 0.259. The zero-order chi connectivity index (χ0) is 22.3. The van der Waals surface area contributed by atoms with E-state index < -0.39 is 11.8 Å². The number of carbonyl (C=O) groups excluding carboxylic acids is 3. The van der Waals surface area contributed by atoms with Crippen molar-refractivity contribution in [3.05, 3.63) is 144 Å². The summed E-state index contributed by atoms with van der Waals surface area (Å²) in [5, 5.41) is 0. The van der Waals surface area contributed by atoms with Gasteiger partial charge in [-0.05, 0) is 5.56 Å². The Morgan fingerprint density at radius 2 is 0.719 bits per heavy atom. The molecular weight excluding hydrogens is 396 g/mol. The number of hydrogen-bond donors (Lipinski definition) is 0. The van der Waals surface area contributed by atoms with Crippen molar-refractivity contribution in [2.75, 3.05) is 0 Å². The zero-order valence-corrected chi connectivity index (χ0v) is 17.4. The number of Topliss-reactive ketones (excluding diaryl/α,β-unsaturated/α-hetero) is 3. The highest BCUT2D eigenvalue weighted by molar-refractivity contribution is 6.20. The van der Waals surface area contributed by atoms with Crippen molar-refractivity contribution in [3.63, 3.8) is 0 Å². The Morgan fingerprint density at radius 3 is 1.09 bits per heavy atom. The minimum absolute atomic E-state index is 0.254. The standard InChI is InChI=1S/C29H22O3/c30-27(22-15-7-2-8-16-22)25(21-13-5-1-6-14-21)26(28(31)23-17-9-3-10-18-23)29(32)24-19-11-4-12-20-24/h1-20,25-26H. The molecule has 0 aliphatic heterocycles. The lowest BCUT2D eigenvalue weighted by Gasteiger charge is -2.25. The second-order valence-electron chi connectivity index (χ2n) is 7.56. The third-order valence-electron chi connectivity index (χ3n) is 5.51. The number of carbonyl (C=O) groups is 3. The van der Waals surface area contributed by atoms with Gasteiger partial charge in [0.2, 0.25) is 0 Å². The van der Waals surface area contributed by atoms with Crippen LogP contribution in [0, 0.1) is 5.92 Å². The Morgan fingerprint density at radius 1 is 0.406 bits per heavy atom. The van der Waals surface area contributed by atoms with E-state index in [-0.39, 0.29) is 17.3 Å². The third kappa shape index (κ3) is 4.47. The minimum atomic E-state index is -1.19. The Bertz CT molecular complexity index is 1150. The predicted octanol–water partition coefficient (Wildman–Crippen LogP) is 6.04. The maximum atomic E-state index is 13.8. The van der Waals surface area contributed by atoms with Crippen LogP contribution in [0.5, 0.6) is 0 Å². The Kier molecular flexibility index (Phi) is 6.47. The van der Waals surface area contributed by atoms with Crippen molar-refractivity contribution in [3.8, 4) is 0 Å². The smallest absolute Gasteiger partial charge is 0.174 e. The largest absolute Gasteiger partial charge is 0.293 e. The summed E-state index contributed by atoms with van der Waals surface area (Å²) in [6.45, 7) is 0. The average Bonchev–Trinajstić information content (AvgIpc) is 2.88. The number of hydrogen-bond acceptors (Lipinski definition) is 3. The molecule has 1 unspecified atom stereocenters. The molecule has 1 atom stereocenters. The van der Waals surface area contributed by atoms with Gasteiger partial charge in [-0.1, -0.05) is 121 Å². The molecule has 0 bridgehead atoms. The molecule has 0 aliphatic rings. The molecule has 3 nitrogen and oxygen atoms in total. The van der Waals surface area contributed by atoms with Crippen LogP contribution >= 0.6 is 0 Å². The topological polar surface area (TPSA) is 51.2 Å². The fourth-order valence-corrected chi connectivity index (χ4v) is 3.92. The van der Waals surface area contributed by atoms with Crippen molar-refractivity contribution in [2.45, 2.75) is 5.92 Å². The van der Waals surface area contributed by atoms with E-state index in [9.17, 15) is 14.4 Å². The lowest BCUT2D eigenvalue weighted by atomic mass is 9.73. The van der Waals surface area contributed by atoms with E-state index in [1.807, 2.05) is 36.4 Å².